The van der Waals surface area contributed by atoms with E-state index in [0.717, 1.165) is 12.1 Å². The Hall–Kier alpha value is -2.09. The maximum Gasteiger partial charge on any atom is 0.267 e. The first kappa shape index (κ1) is 14.3. The molecule has 2 aromatic rings. The van der Waals surface area contributed by atoms with Crippen molar-refractivity contribution in [1.29, 1.82) is 0 Å². The first-order chi connectivity index (χ1) is 9.74. The molecule has 0 bridgehead atoms. The van der Waals surface area contributed by atoms with E-state index in [1.54, 1.807) is 6.07 Å². The van der Waals surface area contributed by atoms with Crippen LogP contribution in [-0.4, -0.2) is 17.6 Å². The number of aliphatic hydroxyl groups excluding tert-OH is 1. The van der Waals surface area contributed by atoms with Gasteiger partial charge in [0.05, 0.1) is 0 Å². The van der Waals surface area contributed by atoms with Gasteiger partial charge in [0.1, 0.15) is 11.5 Å². The normalized spacial score (nSPS) is 9.70. The monoisotopic (exact) mass is 285 g/mol. The Labute approximate surface area is 122 Å². The Morgan fingerprint density at radius 3 is 2.70 bits per heavy atom. The van der Waals surface area contributed by atoms with Gasteiger partial charge in [-0.15, -0.1) is 11.3 Å². The second-order valence-electron chi connectivity index (χ2n) is 4.13. The lowest BCUT2D eigenvalue weighted by Gasteiger charge is -2.05. The molecule has 1 aromatic heterocycles. The van der Waals surface area contributed by atoms with Crippen molar-refractivity contribution in [2.24, 2.45) is 0 Å². The van der Waals surface area contributed by atoms with E-state index in [9.17, 15) is 4.79 Å². The van der Waals surface area contributed by atoms with Gasteiger partial charge >= 0.3 is 0 Å². The molecule has 4 heteroatoms. The Balaban J connectivity index is 2.13. The molecule has 0 saturated carbocycles. The minimum Gasteiger partial charge on any atom is -0.384 e. The largest absolute Gasteiger partial charge is 0.384 e. The fourth-order valence-corrected chi connectivity index (χ4v) is 2.47. The average Bonchev–Trinajstić information content (AvgIpc) is 2.94. The summed E-state index contributed by atoms with van der Waals surface area (Å²) in [6.45, 7) is 1.88. The molecule has 0 spiro atoms. The number of rotatable bonds is 3. The van der Waals surface area contributed by atoms with E-state index in [1.165, 1.54) is 16.9 Å². The van der Waals surface area contributed by atoms with Gasteiger partial charge < -0.3 is 10.4 Å². The lowest BCUT2D eigenvalue weighted by Crippen LogP contribution is -2.11. The third-order valence-corrected chi connectivity index (χ3v) is 3.71. The van der Waals surface area contributed by atoms with Gasteiger partial charge in [0, 0.05) is 11.3 Å². The van der Waals surface area contributed by atoms with Gasteiger partial charge in [0.15, 0.2) is 0 Å². The molecular formula is C16H15NO2S. The van der Waals surface area contributed by atoms with Crippen molar-refractivity contribution >= 4 is 22.9 Å². The van der Waals surface area contributed by atoms with Crippen LogP contribution < -0.4 is 5.32 Å². The number of carbonyl (C=O) groups excluding carboxylic acids is 1. The molecule has 0 aliphatic carbocycles. The summed E-state index contributed by atoms with van der Waals surface area (Å²) in [6.07, 6.45) is 0.972. The molecule has 0 fully saturated rings. The van der Waals surface area contributed by atoms with Crippen molar-refractivity contribution in [3.05, 3.63) is 51.7 Å². The summed E-state index contributed by atoms with van der Waals surface area (Å²) in [5.41, 5.74) is 2.64. The predicted octanol–water partition coefficient (Wildman–Crippen LogP) is 2.91. The molecule has 2 rings (SSSR count). The van der Waals surface area contributed by atoms with Gasteiger partial charge in [-0.05, 0) is 35.6 Å². The molecule has 20 heavy (non-hydrogen) atoms. The second kappa shape index (κ2) is 6.90. The molecule has 0 aliphatic heterocycles. The Morgan fingerprint density at radius 1 is 1.30 bits per heavy atom. The summed E-state index contributed by atoms with van der Waals surface area (Å²) in [6, 6.07) is 9.56. The topological polar surface area (TPSA) is 49.3 Å². The molecule has 3 nitrogen and oxygen atoms in total. The molecular weight excluding hydrogens is 270 g/mol. The van der Waals surface area contributed by atoms with Gasteiger partial charge in [-0.25, -0.2) is 0 Å². The smallest absolute Gasteiger partial charge is 0.267 e. The molecule has 0 radical (unpaired) electrons. The number of nitrogens with one attached hydrogen (secondary N) is 1. The van der Waals surface area contributed by atoms with Crippen molar-refractivity contribution < 1.29 is 9.90 Å². The first-order valence-electron chi connectivity index (χ1n) is 6.32. The van der Waals surface area contributed by atoms with Crippen molar-refractivity contribution in [2.45, 2.75) is 13.3 Å². The van der Waals surface area contributed by atoms with E-state index in [1.807, 2.05) is 29.6 Å². The number of thiophene rings is 1. The summed E-state index contributed by atoms with van der Waals surface area (Å²) in [4.78, 5) is 12.7. The number of aryl methyl sites for hydroxylation is 1. The van der Waals surface area contributed by atoms with Crippen LogP contribution in [0.3, 0.4) is 0 Å². The maximum absolute atomic E-state index is 12.2. The first-order valence-corrected chi connectivity index (χ1v) is 7.20. The van der Waals surface area contributed by atoms with Crippen LogP contribution in [0.25, 0.3) is 0 Å². The number of benzene rings is 1. The zero-order valence-electron chi connectivity index (χ0n) is 11.1. The van der Waals surface area contributed by atoms with E-state index >= 15 is 0 Å². The summed E-state index contributed by atoms with van der Waals surface area (Å²) < 4.78 is 0. The SMILES string of the molecule is CCc1ccc(NC(=O)c2sccc2C#CCO)cc1. The van der Waals surface area contributed by atoms with E-state index in [0.29, 0.717) is 10.4 Å². The highest BCUT2D eigenvalue weighted by atomic mass is 32.1. The predicted molar refractivity (Wildman–Crippen MR) is 82.1 cm³/mol. The summed E-state index contributed by atoms with van der Waals surface area (Å²) in [5, 5.41) is 13.4. The lowest BCUT2D eigenvalue weighted by atomic mass is 10.1. The van der Waals surface area contributed by atoms with Gasteiger partial charge in [-0.2, -0.15) is 0 Å². The van der Waals surface area contributed by atoms with E-state index in [2.05, 4.69) is 24.1 Å². The number of hydrogen-bond donors (Lipinski definition) is 2. The van der Waals surface area contributed by atoms with E-state index in [4.69, 9.17) is 5.11 Å². The van der Waals surface area contributed by atoms with Crippen LogP contribution in [0, 0.1) is 11.8 Å². The number of hydrogen-bond acceptors (Lipinski definition) is 3. The van der Waals surface area contributed by atoms with Crippen molar-refractivity contribution in [2.75, 3.05) is 11.9 Å². The van der Waals surface area contributed by atoms with Crippen molar-refractivity contribution in [3.8, 4) is 11.8 Å². The molecule has 2 N–H and O–H groups in total. The standard InChI is InChI=1S/C16H15NO2S/c1-2-12-5-7-14(8-6-12)17-16(19)15-13(4-3-10-18)9-11-20-15/h5-9,11,18H,2,10H2,1H3,(H,17,19). The number of aliphatic hydroxyl groups is 1. The van der Waals surface area contributed by atoms with Crippen LogP contribution in [0.15, 0.2) is 35.7 Å². The average molecular weight is 285 g/mol. The van der Waals surface area contributed by atoms with Gasteiger partial charge in [-0.1, -0.05) is 30.9 Å². The summed E-state index contributed by atoms with van der Waals surface area (Å²) >= 11 is 1.34. The molecule has 1 amide bonds. The minimum absolute atomic E-state index is 0.175. The highest BCUT2D eigenvalue weighted by Gasteiger charge is 2.12. The summed E-state index contributed by atoms with van der Waals surface area (Å²) in [7, 11) is 0. The van der Waals surface area contributed by atoms with Crippen LogP contribution in [0.2, 0.25) is 0 Å². The summed E-state index contributed by atoms with van der Waals surface area (Å²) in [5.74, 6) is 5.16. The molecule has 0 unspecified atom stereocenters. The number of carbonyl (C=O) groups is 1. The second-order valence-corrected chi connectivity index (χ2v) is 5.04. The Kier molecular flexibility index (Phi) is 4.94. The fraction of sp³-hybridized carbons (Fsp3) is 0.188. The van der Waals surface area contributed by atoms with Crippen molar-refractivity contribution in [3.63, 3.8) is 0 Å². The fourth-order valence-electron chi connectivity index (χ4n) is 1.73. The number of amides is 1. The quantitative estimate of drug-likeness (QED) is 0.852. The van der Waals surface area contributed by atoms with Gasteiger partial charge in [0.2, 0.25) is 0 Å². The van der Waals surface area contributed by atoms with Crippen LogP contribution in [0.1, 0.15) is 27.7 Å². The highest BCUT2D eigenvalue weighted by Crippen LogP contribution is 2.18. The highest BCUT2D eigenvalue weighted by molar-refractivity contribution is 7.12. The Morgan fingerprint density at radius 2 is 2.05 bits per heavy atom. The molecule has 0 atom stereocenters. The molecule has 0 aliphatic rings. The zero-order valence-corrected chi connectivity index (χ0v) is 12.0. The third kappa shape index (κ3) is 3.47. The zero-order chi connectivity index (χ0) is 14.4. The van der Waals surface area contributed by atoms with Crippen LogP contribution in [-0.2, 0) is 6.42 Å². The van der Waals surface area contributed by atoms with E-state index in [-0.39, 0.29) is 12.5 Å². The Bertz CT molecular complexity index is 647. The number of anilines is 1. The molecule has 1 aromatic carbocycles. The van der Waals surface area contributed by atoms with Crippen LogP contribution >= 0.6 is 11.3 Å². The molecule has 0 saturated heterocycles. The maximum atomic E-state index is 12.2. The van der Waals surface area contributed by atoms with Gasteiger partial charge in [0.25, 0.3) is 5.91 Å². The lowest BCUT2D eigenvalue weighted by molar-refractivity contribution is 0.103. The van der Waals surface area contributed by atoms with Crippen LogP contribution in [0.4, 0.5) is 5.69 Å². The van der Waals surface area contributed by atoms with Crippen LogP contribution in [0.5, 0.6) is 0 Å². The third-order valence-electron chi connectivity index (χ3n) is 2.79. The molecule has 102 valence electrons. The van der Waals surface area contributed by atoms with E-state index < -0.39 is 0 Å². The minimum atomic E-state index is -0.213. The van der Waals surface area contributed by atoms with Crippen molar-refractivity contribution in [1.82, 2.24) is 0 Å². The molecule has 1 heterocycles. The van der Waals surface area contributed by atoms with Gasteiger partial charge in [-0.3, -0.25) is 4.79 Å².